The zero-order valence-electron chi connectivity index (χ0n) is 69.5. The molecular weight excluding hydrogens is 1540 g/mol. The number of likely N-dealkylation sites (tertiary alicyclic amines) is 1. The first-order chi connectivity index (χ1) is 56.2. The molecule has 10 aromatic rings. The molecule has 117 heavy (non-hydrogen) atoms. The zero-order chi connectivity index (χ0) is 84.3. The van der Waals surface area contributed by atoms with Crippen LogP contribution < -0.4 is 25.7 Å². The molecule has 2 aliphatic rings. The van der Waals surface area contributed by atoms with Gasteiger partial charge in [0.2, 0.25) is 16.2 Å². The highest BCUT2D eigenvalue weighted by Gasteiger charge is 2.42. The first kappa shape index (κ1) is 90.1. The number of tetrazole rings is 2. The van der Waals surface area contributed by atoms with Crippen LogP contribution in [0.3, 0.4) is 0 Å². The van der Waals surface area contributed by atoms with Gasteiger partial charge in [-0.3, -0.25) is 19.2 Å². The Hall–Kier alpha value is -10.8. The van der Waals surface area contributed by atoms with E-state index in [1.165, 1.54) is 110 Å². The van der Waals surface area contributed by atoms with Gasteiger partial charge in [0.25, 0.3) is 17.7 Å². The van der Waals surface area contributed by atoms with Crippen molar-refractivity contribution in [2.45, 2.75) is 229 Å². The Morgan fingerprint density at radius 1 is 0.684 bits per heavy atom. The van der Waals surface area contributed by atoms with Crippen LogP contribution in [0.1, 0.15) is 215 Å². The number of fused-ring (bicyclic) bond motifs is 2. The molecule has 5 heterocycles. The van der Waals surface area contributed by atoms with Gasteiger partial charge >= 0.3 is 11.9 Å². The number of unbranched alkanes of at least 4 members (excludes halogenated alkanes) is 9. The third-order valence-electron chi connectivity index (χ3n) is 20.7. The summed E-state index contributed by atoms with van der Waals surface area (Å²) in [6.45, 7) is 26.7. The second-order valence-electron chi connectivity index (χ2n) is 30.2. The van der Waals surface area contributed by atoms with Crippen LogP contribution in [-0.4, -0.2) is 144 Å². The average molecular weight is 1650 g/mol. The minimum Gasteiger partial charge on any atom is -0.506 e. The maximum atomic E-state index is 13.7. The summed E-state index contributed by atoms with van der Waals surface area (Å²) in [6.07, 6.45) is 15.2. The summed E-state index contributed by atoms with van der Waals surface area (Å²) in [7, 11) is 3.50. The maximum absolute atomic E-state index is 13.7. The number of H-pyrrole nitrogens is 1. The Morgan fingerprint density at radius 2 is 1.32 bits per heavy atom. The summed E-state index contributed by atoms with van der Waals surface area (Å²) in [5.74, 6) is -0.820. The number of esters is 2. The van der Waals surface area contributed by atoms with Crippen LogP contribution in [-0.2, 0) is 53.6 Å². The standard InChI is InChI=1S/C35H48N8O3S.C25H38ClNO5.C20H17N5O2S.C7H7N3/c1-9-27(46-28-19-14-23(34(4,5)10-2)22-26(28)35(6,7)11-3)31(44)36-24-15-17-25(18-16-24)43-32(45)29(47-33-37-39-40-41(33)8)30(38-43)42-20-12-13-21-42;1-4-6-7-8-9-10-11-12-13-14-17-31-24(29)19(3)32-25(30)20-15-16-21(26)22(18-20)27-23(28)5-2;1-12-7-3-6-10-16(12)21-19(27)15-11-17(28-20-22-23-24-25(20)2)13-8-4-5-9-14(13)18(15)26;1-5-2-3-6-7(4-5)9-10-8-6/h14-19,22,27,29H,9-13,20-21H2,1-8H3,(H,36,44);15-16,18-19H,4-14,17H2,1-3H3,(H,27,28);3-11,26H,1-2H3,(H,21,27);2-4H,1H3,(H,8,9,10). The van der Waals surface area contributed by atoms with Crippen molar-refractivity contribution in [1.82, 2.24) is 60.7 Å². The highest BCUT2D eigenvalue weighted by molar-refractivity contribution is 8.01. The Bertz CT molecular complexity index is 5040. The summed E-state index contributed by atoms with van der Waals surface area (Å²) >= 11 is 8.69. The van der Waals surface area contributed by atoms with E-state index in [4.69, 9.17) is 30.9 Å². The molecule has 0 bridgehead atoms. The number of halogens is 1. The molecule has 27 nitrogen and oxygen atoms in total. The molecule has 12 rings (SSSR count). The molecular formula is C87H110ClN17O10S2. The first-order valence-corrected chi connectivity index (χ1v) is 42.3. The van der Waals surface area contributed by atoms with E-state index in [2.05, 4.69) is 128 Å². The molecule has 3 aromatic heterocycles. The van der Waals surface area contributed by atoms with Crippen molar-refractivity contribution in [3.63, 3.8) is 0 Å². The van der Waals surface area contributed by atoms with Gasteiger partial charge in [0.05, 0.1) is 34.1 Å². The monoisotopic (exact) mass is 1650 g/mol. The van der Waals surface area contributed by atoms with E-state index in [0.717, 1.165) is 102 Å². The van der Waals surface area contributed by atoms with Gasteiger partial charge in [-0.2, -0.15) is 25.5 Å². The number of benzene rings is 7. The molecule has 2 aliphatic heterocycles. The van der Waals surface area contributed by atoms with Gasteiger partial charge in [-0.05, 0) is 198 Å². The topological polar surface area (TPSA) is 334 Å². The fourth-order valence-electron chi connectivity index (χ4n) is 12.7. The number of aryl methyl sites for hydroxylation is 4. The van der Waals surface area contributed by atoms with Crippen molar-refractivity contribution < 1.29 is 48.1 Å². The largest absolute Gasteiger partial charge is 0.506 e. The molecule has 622 valence electrons. The van der Waals surface area contributed by atoms with Gasteiger partial charge in [-0.25, -0.2) is 19.0 Å². The van der Waals surface area contributed by atoms with Crippen molar-refractivity contribution in [3.8, 4) is 11.5 Å². The van der Waals surface area contributed by atoms with E-state index in [-0.39, 0.29) is 57.8 Å². The Morgan fingerprint density at radius 3 is 1.97 bits per heavy atom. The van der Waals surface area contributed by atoms with Crippen molar-refractivity contribution in [3.05, 3.63) is 172 Å². The summed E-state index contributed by atoms with van der Waals surface area (Å²) in [6, 6.07) is 40.5. The number of nitrogens with zero attached hydrogens (tertiary/aromatic N) is 13. The predicted molar refractivity (Wildman–Crippen MR) is 461 cm³/mol. The Balaban J connectivity index is 0.000000195. The Labute approximate surface area is 698 Å². The summed E-state index contributed by atoms with van der Waals surface area (Å²) in [4.78, 5) is 79.1. The van der Waals surface area contributed by atoms with E-state index in [1.807, 2.05) is 87.5 Å². The summed E-state index contributed by atoms with van der Waals surface area (Å²) < 4.78 is 20.0. The van der Waals surface area contributed by atoms with Crippen LogP contribution in [0.5, 0.6) is 11.5 Å². The molecule has 1 fully saturated rings. The quantitative estimate of drug-likeness (QED) is 0.0193. The number of nitrogens with one attached hydrogen (secondary N) is 4. The molecule has 0 spiro atoms. The number of thioether (sulfide) groups is 1. The lowest BCUT2D eigenvalue weighted by Gasteiger charge is -2.31. The molecule has 5 N–H and O–H groups in total. The summed E-state index contributed by atoms with van der Waals surface area (Å²) in [5.41, 5.74) is 8.95. The average Bonchev–Trinajstić information content (AvgIpc) is 1.53. The number of aromatic nitrogens is 11. The van der Waals surface area contributed by atoms with E-state index >= 15 is 0 Å². The minimum atomic E-state index is -1.02. The summed E-state index contributed by atoms with van der Waals surface area (Å²) in [5, 5.41) is 61.4. The number of aromatic amines is 1. The van der Waals surface area contributed by atoms with Crippen molar-refractivity contribution >= 4 is 121 Å². The lowest BCUT2D eigenvalue weighted by atomic mass is 9.76. The molecule has 4 amide bonds. The molecule has 3 unspecified atom stereocenters. The number of rotatable bonds is 32. The van der Waals surface area contributed by atoms with Gasteiger partial charge in [0.15, 0.2) is 17.5 Å². The maximum Gasteiger partial charge on any atom is 0.347 e. The number of para-hydroxylation sites is 1. The second kappa shape index (κ2) is 43.4. The number of phenolic OH excluding ortho intramolecular Hbond substituents is 1. The number of phenols is 1. The van der Waals surface area contributed by atoms with Crippen LogP contribution in [0.25, 0.3) is 21.8 Å². The van der Waals surface area contributed by atoms with Crippen molar-refractivity contribution in [2.75, 3.05) is 40.7 Å². The number of hydrogen-bond donors (Lipinski definition) is 5. The Kier molecular flexibility index (Phi) is 33.5. The van der Waals surface area contributed by atoms with Crippen LogP contribution in [0, 0.1) is 13.8 Å². The van der Waals surface area contributed by atoms with Crippen molar-refractivity contribution in [1.29, 1.82) is 0 Å². The molecule has 30 heteroatoms. The first-order valence-electron chi connectivity index (χ1n) is 40.2. The van der Waals surface area contributed by atoms with Crippen LogP contribution in [0.15, 0.2) is 154 Å². The number of hydrazone groups is 1. The fraction of sp³-hybridized carbons (Fsp3) is 0.437. The third-order valence-corrected chi connectivity index (χ3v) is 23.3. The predicted octanol–water partition coefficient (Wildman–Crippen LogP) is 18.0. The molecule has 7 aromatic carbocycles. The smallest absolute Gasteiger partial charge is 0.347 e. The van der Waals surface area contributed by atoms with Crippen molar-refractivity contribution in [2.24, 2.45) is 19.2 Å². The second-order valence-corrected chi connectivity index (χ2v) is 32.7. The van der Waals surface area contributed by atoms with E-state index in [0.29, 0.717) is 56.5 Å². The lowest BCUT2D eigenvalue weighted by Crippen LogP contribution is -2.37. The van der Waals surface area contributed by atoms with Gasteiger partial charge in [0.1, 0.15) is 28.4 Å². The van der Waals surface area contributed by atoms with Crippen LogP contribution >= 0.6 is 35.1 Å². The van der Waals surface area contributed by atoms with E-state index in [9.17, 15) is 33.9 Å². The van der Waals surface area contributed by atoms with Crippen LogP contribution in [0.2, 0.25) is 5.02 Å². The highest BCUT2D eigenvalue weighted by atomic mass is 35.5. The number of carbonyl (C=O) groups is 6. The van der Waals surface area contributed by atoms with Crippen LogP contribution in [0.4, 0.5) is 22.7 Å². The zero-order valence-corrected chi connectivity index (χ0v) is 71.9. The number of amidine groups is 1. The molecule has 0 radical (unpaired) electrons. The number of carbonyl (C=O) groups excluding carboxylic acids is 6. The normalized spacial score (nSPS) is 13.8. The highest BCUT2D eigenvalue weighted by Crippen LogP contribution is 2.42. The minimum absolute atomic E-state index is 0.0408. The number of anilines is 4. The SMILES string of the molecule is CCC(Oc1ccc(C(C)(C)CC)cc1C(C)(C)CC)C(=O)Nc1ccc(N2N=C(N3CCCC3)C(Sc3nnnn3C)C2=O)cc1.CCCCCCCCCCCCOC(=O)C(C)OC(=O)c1ccc(Cl)c(NC(=O)CC)c1.Cc1ccc2n[nH]nc2c1.Cc1ccccc1NC(=O)c1cc(Sc2nnnn2C)c2ccccc2c1O. The van der Waals surface area contributed by atoms with Gasteiger partial charge < -0.3 is 40.2 Å². The fourth-order valence-corrected chi connectivity index (χ4v) is 14.7. The molecule has 1 saturated heterocycles. The number of ether oxygens (including phenoxy) is 3. The molecule has 0 saturated carbocycles. The molecule has 3 atom stereocenters. The molecule has 0 aliphatic carbocycles. The van der Waals surface area contributed by atoms with E-state index < -0.39 is 29.4 Å². The van der Waals surface area contributed by atoms with Gasteiger partial charge in [-0.1, -0.05) is 204 Å². The van der Waals surface area contributed by atoms with Gasteiger partial charge in [0, 0.05) is 60.8 Å². The van der Waals surface area contributed by atoms with Gasteiger partial charge in [-0.15, -0.1) is 10.2 Å². The lowest BCUT2D eigenvalue weighted by molar-refractivity contribution is -0.153. The third kappa shape index (κ3) is 24.9. The number of aromatic hydroxyl groups is 1. The number of hydrogen-bond acceptors (Lipinski definition) is 22. The number of amides is 4. The van der Waals surface area contributed by atoms with E-state index in [1.54, 1.807) is 66.8 Å².